The number of nitrogens with zero attached hydrogens (tertiary/aromatic N) is 1. The summed E-state index contributed by atoms with van der Waals surface area (Å²) in [5, 5.41) is 3.36. The Bertz CT molecular complexity index is 478. The largest absolute Gasteiger partial charge is 0.399 e. The van der Waals surface area contributed by atoms with Gasteiger partial charge >= 0.3 is 0 Å². The van der Waals surface area contributed by atoms with Crippen LogP contribution in [-0.4, -0.2) is 29.9 Å². The highest BCUT2D eigenvalue weighted by Gasteiger charge is 2.22. The number of nitrogens with two attached hydrogens (primary N) is 1. The average Bonchev–Trinajstić information content (AvgIpc) is 2.43. The maximum absolute atomic E-state index is 12.2. The summed E-state index contributed by atoms with van der Waals surface area (Å²) in [6, 6.07) is 5.62. The van der Waals surface area contributed by atoms with E-state index in [0.29, 0.717) is 29.0 Å². The summed E-state index contributed by atoms with van der Waals surface area (Å²) in [6.45, 7) is 3.59. The number of nitrogens with one attached hydrogen (secondary N) is 1. The zero-order valence-electron chi connectivity index (χ0n) is 11.9. The third kappa shape index (κ3) is 3.87. The number of hydrogen-bond acceptors (Lipinski definition) is 3. The fourth-order valence-electron chi connectivity index (χ4n) is 2.74. The Morgan fingerprint density at radius 3 is 3.05 bits per heavy atom. The number of anilines is 2. The van der Waals surface area contributed by atoms with Crippen LogP contribution in [0.2, 0.25) is 5.02 Å². The van der Waals surface area contributed by atoms with Crippen molar-refractivity contribution in [2.45, 2.75) is 38.6 Å². The molecule has 0 aromatic heterocycles. The molecule has 1 aliphatic heterocycles. The van der Waals surface area contributed by atoms with E-state index in [2.05, 4.69) is 17.1 Å². The molecule has 20 heavy (non-hydrogen) atoms. The van der Waals surface area contributed by atoms with Crippen LogP contribution in [0.5, 0.6) is 0 Å². The van der Waals surface area contributed by atoms with Crippen LogP contribution in [-0.2, 0) is 4.79 Å². The minimum Gasteiger partial charge on any atom is -0.399 e. The molecular formula is C15H22ClN3O. The van der Waals surface area contributed by atoms with Crippen molar-refractivity contribution in [1.82, 2.24) is 4.90 Å². The van der Waals surface area contributed by atoms with Crippen LogP contribution in [0.1, 0.15) is 32.6 Å². The lowest BCUT2D eigenvalue weighted by molar-refractivity contribution is -0.118. The van der Waals surface area contributed by atoms with Gasteiger partial charge in [-0.3, -0.25) is 9.69 Å². The lowest BCUT2D eigenvalue weighted by Gasteiger charge is -2.34. The average molecular weight is 296 g/mol. The van der Waals surface area contributed by atoms with Gasteiger partial charge in [-0.1, -0.05) is 24.9 Å². The second-order valence-electron chi connectivity index (χ2n) is 5.32. The number of halogens is 1. The number of piperidine rings is 1. The first-order valence-electron chi connectivity index (χ1n) is 7.19. The van der Waals surface area contributed by atoms with Crippen LogP contribution in [0.15, 0.2) is 18.2 Å². The van der Waals surface area contributed by atoms with E-state index in [-0.39, 0.29) is 5.91 Å². The SMILES string of the molecule is CCC1CCCCN1CC(=O)Nc1cc(N)ccc1Cl. The van der Waals surface area contributed by atoms with Gasteiger partial charge in [-0.05, 0) is 44.0 Å². The Morgan fingerprint density at radius 1 is 1.50 bits per heavy atom. The fourth-order valence-corrected chi connectivity index (χ4v) is 2.91. The van der Waals surface area contributed by atoms with E-state index in [9.17, 15) is 4.79 Å². The number of nitrogen functional groups attached to an aromatic ring is 1. The van der Waals surface area contributed by atoms with E-state index >= 15 is 0 Å². The van der Waals surface area contributed by atoms with Crippen molar-refractivity contribution in [3.63, 3.8) is 0 Å². The smallest absolute Gasteiger partial charge is 0.238 e. The quantitative estimate of drug-likeness (QED) is 0.839. The van der Waals surface area contributed by atoms with Crippen molar-refractivity contribution in [2.75, 3.05) is 24.1 Å². The van der Waals surface area contributed by atoms with Gasteiger partial charge in [-0.25, -0.2) is 0 Å². The predicted molar refractivity (Wildman–Crippen MR) is 84.0 cm³/mol. The molecular weight excluding hydrogens is 274 g/mol. The standard InChI is InChI=1S/C15H22ClN3O/c1-2-12-5-3-4-8-19(12)10-15(20)18-14-9-11(17)6-7-13(14)16/h6-7,9,12H,2-5,8,10,17H2,1H3,(H,18,20). The molecule has 5 heteroatoms. The van der Waals surface area contributed by atoms with Crippen LogP contribution >= 0.6 is 11.6 Å². The van der Waals surface area contributed by atoms with Gasteiger partial charge in [0.15, 0.2) is 0 Å². The monoisotopic (exact) mass is 295 g/mol. The molecule has 2 rings (SSSR count). The molecule has 0 radical (unpaired) electrons. The molecule has 1 aliphatic rings. The molecule has 0 bridgehead atoms. The van der Waals surface area contributed by atoms with Crippen LogP contribution < -0.4 is 11.1 Å². The van der Waals surface area contributed by atoms with Crippen molar-refractivity contribution in [3.05, 3.63) is 23.2 Å². The zero-order valence-corrected chi connectivity index (χ0v) is 12.6. The van der Waals surface area contributed by atoms with E-state index in [0.717, 1.165) is 13.0 Å². The first-order valence-corrected chi connectivity index (χ1v) is 7.57. The number of amides is 1. The van der Waals surface area contributed by atoms with E-state index in [1.165, 1.54) is 19.3 Å². The minimum absolute atomic E-state index is 0.0298. The summed E-state index contributed by atoms with van der Waals surface area (Å²) in [5.41, 5.74) is 6.89. The molecule has 3 N–H and O–H groups in total. The Balaban J connectivity index is 1.96. The van der Waals surface area contributed by atoms with E-state index in [1.54, 1.807) is 18.2 Å². The van der Waals surface area contributed by atoms with Crippen molar-refractivity contribution in [1.29, 1.82) is 0 Å². The van der Waals surface area contributed by atoms with Gasteiger partial charge in [0.2, 0.25) is 5.91 Å². The molecule has 1 heterocycles. The lowest BCUT2D eigenvalue weighted by Crippen LogP contribution is -2.43. The van der Waals surface area contributed by atoms with Gasteiger partial charge in [-0.2, -0.15) is 0 Å². The van der Waals surface area contributed by atoms with Crippen molar-refractivity contribution in [3.8, 4) is 0 Å². The molecule has 1 unspecified atom stereocenters. The third-order valence-electron chi connectivity index (χ3n) is 3.83. The molecule has 1 saturated heterocycles. The predicted octanol–water partition coefficient (Wildman–Crippen LogP) is 3.13. The van der Waals surface area contributed by atoms with Gasteiger partial charge in [0.25, 0.3) is 0 Å². The van der Waals surface area contributed by atoms with E-state index < -0.39 is 0 Å². The molecule has 1 aromatic carbocycles. The van der Waals surface area contributed by atoms with Crippen LogP contribution in [0.3, 0.4) is 0 Å². The van der Waals surface area contributed by atoms with Crippen molar-refractivity contribution in [2.24, 2.45) is 0 Å². The third-order valence-corrected chi connectivity index (χ3v) is 4.16. The number of rotatable bonds is 4. The number of carbonyl (C=O) groups is 1. The van der Waals surface area contributed by atoms with Gasteiger partial charge in [0, 0.05) is 11.7 Å². The van der Waals surface area contributed by atoms with Crippen molar-refractivity contribution >= 4 is 28.9 Å². The van der Waals surface area contributed by atoms with Crippen LogP contribution in [0.25, 0.3) is 0 Å². The summed E-state index contributed by atoms with van der Waals surface area (Å²) >= 11 is 6.06. The number of benzene rings is 1. The number of likely N-dealkylation sites (tertiary alicyclic amines) is 1. The summed E-state index contributed by atoms with van der Waals surface area (Å²) in [5.74, 6) is -0.0298. The summed E-state index contributed by atoms with van der Waals surface area (Å²) in [7, 11) is 0. The van der Waals surface area contributed by atoms with E-state index in [4.69, 9.17) is 17.3 Å². The molecule has 0 spiro atoms. The summed E-state index contributed by atoms with van der Waals surface area (Å²) < 4.78 is 0. The Kier molecular flexibility index (Phi) is 5.26. The van der Waals surface area contributed by atoms with Crippen LogP contribution in [0.4, 0.5) is 11.4 Å². The maximum Gasteiger partial charge on any atom is 0.238 e. The maximum atomic E-state index is 12.2. The molecule has 1 atom stereocenters. The fraction of sp³-hybridized carbons (Fsp3) is 0.533. The minimum atomic E-state index is -0.0298. The first kappa shape index (κ1) is 15.1. The van der Waals surface area contributed by atoms with Crippen LogP contribution in [0, 0.1) is 0 Å². The topological polar surface area (TPSA) is 58.4 Å². The van der Waals surface area contributed by atoms with Gasteiger partial charge in [0.05, 0.1) is 17.3 Å². The number of hydrogen-bond donors (Lipinski definition) is 2. The zero-order chi connectivity index (χ0) is 14.5. The Labute approximate surface area is 125 Å². The van der Waals surface area contributed by atoms with Gasteiger partial charge in [0.1, 0.15) is 0 Å². The Morgan fingerprint density at radius 2 is 2.30 bits per heavy atom. The molecule has 0 aliphatic carbocycles. The van der Waals surface area contributed by atoms with Gasteiger partial charge < -0.3 is 11.1 Å². The normalized spacial score (nSPS) is 19.8. The summed E-state index contributed by atoms with van der Waals surface area (Å²) in [4.78, 5) is 14.4. The highest BCUT2D eigenvalue weighted by atomic mass is 35.5. The number of carbonyl (C=O) groups excluding carboxylic acids is 1. The molecule has 4 nitrogen and oxygen atoms in total. The van der Waals surface area contributed by atoms with E-state index in [1.807, 2.05) is 0 Å². The Hall–Kier alpha value is -1.26. The summed E-state index contributed by atoms with van der Waals surface area (Å²) in [6.07, 6.45) is 4.70. The molecule has 0 saturated carbocycles. The highest BCUT2D eigenvalue weighted by molar-refractivity contribution is 6.33. The molecule has 110 valence electrons. The molecule has 1 fully saturated rings. The molecule has 1 aromatic rings. The molecule has 1 amide bonds. The highest BCUT2D eigenvalue weighted by Crippen LogP contribution is 2.24. The lowest BCUT2D eigenvalue weighted by atomic mass is 10.00. The second-order valence-corrected chi connectivity index (χ2v) is 5.72. The second kappa shape index (κ2) is 6.95. The van der Waals surface area contributed by atoms with Gasteiger partial charge in [-0.15, -0.1) is 0 Å². The first-order chi connectivity index (χ1) is 9.60. The van der Waals surface area contributed by atoms with Crippen molar-refractivity contribution < 1.29 is 4.79 Å².